The first-order valence-corrected chi connectivity index (χ1v) is 40.0. The topological polar surface area (TPSA) is 72.8 Å². The molecule has 94 heavy (non-hydrogen) atoms. The van der Waals surface area contributed by atoms with E-state index in [9.17, 15) is 14.7 Å². The average molecular weight is 1300 g/mol. The fourth-order valence-corrected chi connectivity index (χ4v) is 11.4. The van der Waals surface area contributed by atoms with Crippen molar-refractivity contribution >= 4 is 11.9 Å². The smallest absolute Gasteiger partial charge is 0.306 e. The Kier molecular flexibility index (Phi) is 78.8. The molecule has 0 rings (SSSR count). The second-order valence-electron chi connectivity index (χ2n) is 26.4. The van der Waals surface area contributed by atoms with E-state index >= 15 is 0 Å². The molecule has 0 amide bonds. The van der Waals surface area contributed by atoms with Crippen LogP contribution in [0.5, 0.6) is 0 Å². The SMILES string of the molecule is CC/C=C\C/C=C\C/C=C\C/C=C\C/C=C\C/C=C\C/C=C\C/C=C\C/C=C\CCCCCCCCCCCCCC(=O)OC(CO)COC(=O)CCCCCCCCCCCCCCCCCCCCCCCCCCCCCC/C=C\C/C=C\C/C=C\C/C=C\CC. The number of unbranched alkanes of at least 4 members (excludes halogenated alkanes) is 39. The van der Waals surface area contributed by atoms with Gasteiger partial charge in [-0.1, -0.05) is 397 Å². The number of esters is 2. The van der Waals surface area contributed by atoms with Crippen molar-refractivity contribution in [2.45, 2.75) is 380 Å². The van der Waals surface area contributed by atoms with Crippen LogP contribution in [0.25, 0.3) is 0 Å². The number of allylic oxidation sites excluding steroid dienone is 26. The van der Waals surface area contributed by atoms with Crippen LogP contribution in [-0.2, 0) is 19.1 Å². The van der Waals surface area contributed by atoms with Crippen molar-refractivity contribution in [1.29, 1.82) is 0 Å². The highest BCUT2D eigenvalue weighted by atomic mass is 16.6. The van der Waals surface area contributed by atoms with E-state index in [4.69, 9.17) is 9.47 Å². The standard InChI is InChI=1S/C89H150O5/c1-3-5-7-9-11-13-15-17-19-21-23-25-27-29-31-33-35-37-39-41-43-44-46-47-49-51-53-55-57-59-61-63-65-67-69-71-73-75-77-79-81-83-88(91)93-86-87(85-90)94-89(92)84-82-80-78-76-74-72-70-68-66-64-62-60-58-56-54-52-50-48-45-42-40-38-36-34-32-30-28-26-24-22-20-18-16-14-12-10-8-6-4-2/h5-8,11-14,17-20,23-26,30,32,36,38,42,45,50,52,56,58,87,90H,3-4,9-10,15-16,21-22,27-29,31,33-35,37,39-41,43-44,46-49,51,53-55,57,59-86H2,1-2H3/b7-5-,8-6-,13-11-,14-12-,19-17-,20-18-,25-23-,26-24-,32-30-,38-36-,45-42-,52-50-,58-56-. The number of carbonyl (C=O) groups excluding carboxylic acids is 2. The number of rotatable bonds is 73. The lowest BCUT2D eigenvalue weighted by Gasteiger charge is -2.15. The van der Waals surface area contributed by atoms with E-state index in [1.54, 1.807) is 0 Å². The van der Waals surface area contributed by atoms with E-state index in [0.717, 1.165) is 122 Å². The van der Waals surface area contributed by atoms with Crippen molar-refractivity contribution in [3.63, 3.8) is 0 Å². The molecular weight excluding hydrogens is 1150 g/mol. The lowest BCUT2D eigenvalue weighted by molar-refractivity contribution is -0.161. The first kappa shape index (κ1) is 89.5. The van der Waals surface area contributed by atoms with Crippen LogP contribution >= 0.6 is 0 Å². The predicted molar refractivity (Wildman–Crippen MR) is 417 cm³/mol. The lowest BCUT2D eigenvalue weighted by atomic mass is 10.0. The second kappa shape index (κ2) is 82.7. The van der Waals surface area contributed by atoms with Crippen LogP contribution < -0.4 is 0 Å². The van der Waals surface area contributed by atoms with Crippen molar-refractivity contribution in [1.82, 2.24) is 0 Å². The third-order valence-corrected chi connectivity index (χ3v) is 17.3. The number of hydrogen-bond donors (Lipinski definition) is 1. The summed E-state index contributed by atoms with van der Waals surface area (Å²) in [5.41, 5.74) is 0. The Morgan fingerprint density at radius 1 is 0.245 bits per heavy atom. The van der Waals surface area contributed by atoms with E-state index in [1.807, 2.05) is 0 Å². The average Bonchev–Trinajstić information content (AvgIpc) is 3.65. The van der Waals surface area contributed by atoms with Gasteiger partial charge in [-0.15, -0.1) is 0 Å². The van der Waals surface area contributed by atoms with Crippen molar-refractivity contribution in [2.24, 2.45) is 0 Å². The zero-order chi connectivity index (χ0) is 67.5. The summed E-state index contributed by atoms with van der Waals surface area (Å²) in [6.45, 7) is 3.94. The summed E-state index contributed by atoms with van der Waals surface area (Å²) in [6.07, 6.45) is 126. The van der Waals surface area contributed by atoms with Gasteiger partial charge >= 0.3 is 11.9 Å². The van der Waals surface area contributed by atoms with Gasteiger partial charge in [0.25, 0.3) is 0 Å². The minimum Gasteiger partial charge on any atom is -0.462 e. The van der Waals surface area contributed by atoms with Crippen LogP contribution in [0.3, 0.4) is 0 Å². The van der Waals surface area contributed by atoms with Crippen molar-refractivity contribution in [2.75, 3.05) is 13.2 Å². The monoisotopic (exact) mass is 1300 g/mol. The molecule has 1 atom stereocenters. The Hall–Kier alpha value is -4.48. The molecule has 0 aliphatic heterocycles. The Morgan fingerprint density at radius 2 is 0.426 bits per heavy atom. The molecule has 536 valence electrons. The molecule has 0 aromatic rings. The van der Waals surface area contributed by atoms with Gasteiger partial charge in [-0.05, 0) is 122 Å². The fourth-order valence-electron chi connectivity index (χ4n) is 11.4. The van der Waals surface area contributed by atoms with Gasteiger partial charge in [0.05, 0.1) is 6.61 Å². The van der Waals surface area contributed by atoms with E-state index < -0.39 is 6.10 Å². The van der Waals surface area contributed by atoms with Crippen LogP contribution in [0.15, 0.2) is 158 Å². The Balaban J connectivity index is 3.46. The highest BCUT2D eigenvalue weighted by molar-refractivity contribution is 5.70. The van der Waals surface area contributed by atoms with Crippen LogP contribution in [0.4, 0.5) is 0 Å². The van der Waals surface area contributed by atoms with E-state index in [1.165, 1.54) is 225 Å². The van der Waals surface area contributed by atoms with Gasteiger partial charge < -0.3 is 14.6 Å². The zero-order valence-electron chi connectivity index (χ0n) is 61.7. The molecule has 0 aromatic carbocycles. The molecule has 0 saturated heterocycles. The largest absolute Gasteiger partial charge is 0.462 e. The summed E-state index contributed by atoms with van der Waals surface area (Å²) in [5, 5.41) is 9.73. The number of aliphatic hydroxyl groups is 1. The molecule has 0 fully saturated rings. The van der Waals surface area contributed by atoms with Crippen LogP contribution in [-0.4, -0.2) is 36.4 Å². The highest BCUT2D eigenvalue weighted by Crippen LogP contribution is 2.19. The molecule has 0 aliphatic carbocycles. The molecule has 0 aliphatic rings. The first-order chi connectivity index (χ1) is 46.6. The van der Waals surface area contributed by atoms with E-state index in [-0.39, 0.29) is 25.2 Å². The maximum Gasteiger partial charge on any atom is 0.306 e. The van der Waals surface area contributed by atoms with Crippen molar-refractivity contribution in [3.05, 3.63) is 158 Å². The molecule has 0 aromatic heterocycles. The quantitative estimate of drug-likeness (QED) is 0.0373. The molecule has 0 bridgehead atoms. The molecular formula is C89H150O5. The molecule has 1 unspecified atom stereocenters. The van der Waals surface area contributed by atoms with Gasteiger partial charge in [-0.25, -0.2) is 0 Å². The highest BCUT2D eigenvalue weighted by Gasteiger charge is 2.16. The second-order valence-corrected chi connectivity index (χ2v) is 26.4. The van der Waals surface area contributed by atoms with E-state index in [0.29, 0.717) is 12.8 Å². The van der Waals surface area contributed by atoms with Crippen LogP contribution in [0.1, 0.15) is 373 Å². The number of hydrogen-bond acceptors (Lipinski definition) is 5. The maximum atomic E-state index is 12.4. The Bertz CT molecular complexity index is 1960. The van der Waals surface area contributed by atoms with Crippen molar-refractivity contribution < 1.29 is 24.2 Å². The number of ether oxygens (including phenoxy) is 2. The van der Waals surface area contributed by atoms with Crippen LogP contribution in [0.2, 0.25) is 0 Å². The summed E-state index contributed by atoms with van der Waals surface area (Å²) in [7, 11) is 0. The van der Waals surface area contributed by atoms with Crippen molar-refractivity contribution in [3.8, 4) is 0 Å². The van der Waals surface area contributed by atoms with Crippen LogP contribution in [0, 0.1) is 0 Å². The third kappa shape index (κ3) is 80.0. The van der Waals surface area contributed by atoms with Gasteiger partial charge in [-0.3, -0.25) is 9.59 Å². The fraction of sp³-hybridized carbons (Fsp3) is 0.685. The summed E-state index contributed by atoms with van der Waals surface area (Å²) in [6, 6.07) is 0. The normalized spacial score (nSPS) is 13.1. The molecule has 1 N–H and O–H groups in total. The van der Waals surface area contributed by atoms with Gasteiger partial charge in [0, 0.05) is 12.8 Å². The minimum atomic E-state index is -0.783. The number of aliphatic hydroxyl groups excluding tert-OH is 1. The predicted octanol–water partition coefficient (Wildman–Crippen LogP) is 28.5. The van der Waals surface area contributed by atoms with Gasteiger partial charge in [-0.2, -0.15) is 0 Å². The molecule has 0 heterocycles. The Morgan fingerprint density at radius 3 is 0.638 bits per heavy atom. The molecule has 0 spiro atoms. The zero-order valence-corrected chi connectivity index (χ0v) is 61.7. The molecule has 0 radical (unpaired) electrons. The maximum absolute atomic E-state index is 12.4. The number of carbonyl (C=O) groups is 2. The summed E-state index contributed by atoms with van der Waals surface area (Å²) < 4.78 is 10.8. The Labute approximate surface area is 583 Å². The lowest BCUT2D eigenvalue weighted by Crippen LogP contribution is -2.28. The molecule has 5 nitrogen and oxygen atoms in total. The third-order valence-electron chi connectivity index (χ3n) is 17.3. The molecule has 0 saturated carbocycles. The minimum absolute atomic E-state index is 0.0697. The van der Waals surface area contributed by atoms with E-state index in [2.05, 4.69) is 172 Å². The summed E-state index contributed by atoms with van der Waals surface area (Å²) in [4.78, 5) is 24.7. The van der Waals surface area contributed by atoms with Gasteiger partial charge in [0.15, 0.2) is 6.10 Å². The summed E-state index contributed by atoms with van der Waals surface area (Å²) >= 11 is 0. The first-order valence-electron chi connectivity index (χ1n) is 40.0. The van der Waals surface area contributed by atoms with Gasteiger partial charge in [0.2, 0.25) is 0 Å². The molecule has 5 heteroatoms. The van der Waals surface area contributed by atoms with Gasteiger partial charge in [0.1, 0.15) is 6.61 Å². The summed E-state index contributed by atoms with van der Waals surface area (Å²) in [5.74, 6) is -0.585.